The Hall–Kier alpha value is -4.14. The Bertz CT molecular complexity index is 1670. The number of rotatable bonds is 3. The molecule has 0 amide bonds. The van der Waals surface area contributed by atoms with Gasteiger partial charge in [0.2, 0.25) is 0 Å². The highest BCUT2D eigenvalue weighted by Gasteiger charge is 2.29. The van der Waals surface area contributed by atoms with Crippen LogP contribution < -0.4 is 4.74 Å². The van der Waals surface area contributed by atoms with E-state index in [1.807, 2.05) is 0 Å². The summed E-state index contributed by atoms with van der Waals surface area (Å²) in [5, 5.41) is -1.84. The Kier molecular flexibility index (Phi) is 5.58. The summed E-state index contributed by atoms with van der Waals surface area (Å²) < 4.78 is 121. The largest absolute Gasteiger partial charge is 0.497 e. The van der Waals surface area contributed by atoms with Crippen molar-refractivity contribution in [2.24, 2.45) is 0 Å². The Morgan fingerprint density at radius 1 is 0.500 bits per heavy atom. The summed E-state index contributed by atoms with van der Waals surface area (Å²) in [4.78, 5) is 0. The van der Waals surface area contributed by atoms with Gasteiger partial charge in [0.1, 0.15) is 11.6 Å². The van der Waals surface area contributed by atoms with E-state index in [1.165, 1.54) is 37.4 Å². The first-order valence-corrected chi connectivity index (χ1v) is 10.3. The van der Waals surface area contributed by atoms with Crippen molar-refractivity contribution < 1.29 is 39.9 Å². The van der Waals surface area contributed by atoms with Crippen LogP contribution in [0.1, 0.15) is 0 Å². The lowest BCUT2D eigenvalue weighted by atomic mass is 9.85. The molecule has 0 aliphatic rings. The molecule has 5 aromatic carbocycles. The molecule has 0 N–H and O–H groups in total. The maximum Gasteiger partial charge on any atom is 0.198 e. The zero-order chi connectivity index (χ0) is 25.9. The van der Waals surface area contributed by atoms with Crippen molar-refractivity contribution in [2.45, 2.75) is 0 Å². The fourth-order valence-corrected chi connectivity index (χ4v) is 4.37. The van der Waals surface area contributed by atoms with Crippen molar-refractivity contribution >= 4 is 21.5 Å². The molecule has 0 heterocycles. The molecule has 9 heteroatoms. The summed E-state index contributed by atoms with van der Waals surface area (Å²) >= 11 is 0. The minimum Gasteiger partial charge on any atom is -0.497 e. The number of fused-ring (bicyclic) bond motifs is 2. The maximum absolute atomic E-state index is 15.4. The quantitative estimate of drug-likeness (QED) is 0.104. The summed E-state index contributed by atoms with van der Waals surface area (Å²) in [5.74, 6) is -13.6. The van der Waals surface area contributed by atoms with Gasteiger partial charge in [-0.2, -0.15) is 0 Å². The molecule has 5 rings (SSSR count). The second-order valence-corrected chi connectivity index (χ2v) is 7.93. The van der Waals surface area contributed by atoms with E-state index >= 15 is 8.78 Å². The van der Waals surface area contributed by atoms with E-state index in [1.54, 1.807) is 0 Å². The number of methoxy groups -OCH3 is 1. The molecule has 0 aliphatic heterocycles. The third-order valence-electron chi connectivity index (χ3n) is 5.94. The van der Waals surface area contributed by atoms with Crippen LogP contribution in [0.2, 0.25) is 0 Å². The zero-order valence-corrected chi connectivity index (χ0v) is 18.1. The van der Waals surface area contributed by atoms with Crippen molar-refractivity contribution in [3.8, 4) is 28.0 Å². The first-order chi connectivity index (χ1) is 17.1. The fraction of sp³-hybridized carbons (Fsp3) is 0.0370. The molecule has 0 aliphatic carbocycles. The van der Waals surface area contributed by atoms with Gasteiger partial charge in [0.15, 0.2) is 40.7 Å². The predicted octanol–water partition coefficient (Wildman–Crippen LogP) is 8.45. The number of hydrogen-bond acceptors (Lipinski definition) is 1. The van der Waals surface area contributed by atoms with E-state index in [2.05, 4.69) is 0 Å². The van der Waals surface area contributed by atoms with Gasteiger partial charge in [0, 0.05) is 21.9 Å². The molecule has 5 aromatic rings. The highest BCUT2D eigenvalue weighted by atomic mass is 19.2. The Labute approximate surface area is 198 Å². The fourth-order valence-electron chi connectivity index (χ4n) is 4.37. The van der Waals surface area contributed by atoms with E-state index in [9.17, 15) is 26.3 Å². The summed E-state index contributed by atoms with van der Waals surface area (Å²) in [6.45, 7) is 0. The SMILES string of the molecule is COc1ccc(-c2c3ccc(F)cc3c(-c3cc(F)c(F)c(F)c3)c3c(F)c(F)c(F)c(F)c23)cc1. The average molecular weight is 504 g/mol. The second kappa shape index (κ2) is 8.51. The minimum absolute atomic E-state index is 0.0264. The lowest BCUT2D eigenvalue weighted by molar-refractivity contribution is 0.415. The van der Waals surface area contributed by atoms with Crippen LogP contribution in [0, 0.1) is 46.5 Å². The van der Waals surface area contributed by atoms with E-state index in [-0.39, 0.29) is 21.9 Å². The first kappa shape index (κ1) is 23.6. The summed E-state index contributed by atoms with van der Waals surface area (Å²) in [7, 11) is 1.39. The molecule has 0 aromatic heterocycles. The number of hydrogen-bond donors (Lipinski definition) is 0. The van der Waals surface area contributed by atoms with Gasteiger partial charge in [0.25, 0.3) is 0 Å². The van der Waals surface area contributed by atoms with Crippen LogP contribution in [0.25, 0.3) is 43.8 Å². The third-order valence-corrected chi connectivity index (χ3v) is 5.94. The van der Waals surface area contributed by atoms with E-state index in [0.29, 0.717) is 17.9 Å². The molecule has 0 atom stereocenters. The van der Waals surface area contributed by atoms with Crippen LogP contribution in [-0.4, -0.2) is 7.11 Å². The lowest BCUT2D eigenvalue weighted by Gasteiger charge is -2.19. The number of ether oxygens (including phenoxy) is 1. The average Bonchev–Trinajstić information content (AvgIpc) is 2.87. The molecule has 0 saturated carbocycles. The standard InChI is InChI=1S/C27H12F8O/c1-36-14-5-2-11(3-6-14)19-15-7-4-13(28)10-16(15)20(12-8-17(29)23(31)18(30)9-12)22-21(19)24(32)26(34)27(35)25(22)33/h2-10H,1H3. The summed E-state index contributed by atoms with van der Waals surface area (Å²) in [5.41, 5.74) is -1.03. The molecule has 0 spiro atoms. The predicted molar refractivity (Wildman–Crippen MR) is 119 cm³/mol. The molecular formula is C27H12F8O. The van der Waals surface area contributed by atoms with Gasteiger partial charge in [-0.05, 0) is 58.3 Å². The molecule has 0 saturated heterocycles. The van der Waals surface area contributed by atoms with Gasteiger partial charge < -0.3 is 4.74 Å². The van der Waals surface area contributed by atoms with Gasteiger partial charge in [-0.15, -0.1) is 0 Å². The molecule has 0 radical (unpaired) electrons. The molecule has 0 fully saturated rings. The van der Waals surface area contributed by atoms with Crippen molar-refractivity contribution in [3.05, 3.63) is 101 Å². The molecule has 182 valence electrons. The molecule has 0 unspecified atom stereocenters. The van der Waals surface area contributed by atoms with Crippen LogP contribution in [0.5, 0.6) is 5.75 Å². The summed E-state index contributed by atoms with van der Waals surface area (Å²) in [6.07, 6.45) is 0. The Morgan fingerprint density at radius 3 is 1.56 bits per heavy atom. The first-order valence-electron chi connectivity index (χ1n) is 10.3. The van der Waals surface area contributed by atoms with Crippen LogP contribution >= 0.6 is 0 Å². The van der Waals surface area contributed by atoms with E-state index in [0.717, 1.165) is 12.1 Å². The van der Waals surface area contributed by atoms with Crippen LogP contribution in [-0.2, 0) is 0 Å². The van der Waals surface area contributed by atoms with Crippen molar-refractivity contribution in [3.63, 3.8) is 0 Å². The minimum atomic E-state index is -2.18. The van der Waals surface area contributed by atoms with Crippen molar-refractivity contribution in [1.29, 1.82) is 0 Å². The monoisotopic (exact) mass is 504 g/mol. The zero-order valence-electron chi connectivity index (χ0n) is 18.1. The highest BCUT2D eigenvalue weighted by Crippen LogP contribution is 2.47. The molecule has 36 heavy (non-hydrogen) atoms. The second-order valence-electron chi connectivity index (χ2n) is 7.93. The van der Waals surface area contributed by atoms with E-state index in [4.69, 9.17) is 4.74 Å². The Morgan fingerprint density at radius 2 is 1.03 bits per heavy atom. The van der Waals surface area contributed by atoms with Gasteiger partial charge in [0.05, 0.1) is 7.11 Å². The van der Waals surface area contributed by atoms with Crippen molar-refractivity contribution in [1.82, 2.24) is 0 Å². The molecular weight excluding hydrogens is 492 g/mol. The highest BCUT2D eigenvalue weighted by molar-refractivity contribution is 6.21. The van der Waals surface area contributed by atoms with Crippen LogP contribution in [0.15, 0.2) is 54.6 Å². The van der Waals surface area contributed by atoms with Gasteiger partial charge in [-0.25, -0.2) is 35.1 Å². The Balaban J connectivity index is 2.09. The van der Waals surface area contributed by atoms with Gasteiger partial charge in [-0.1, -0.05) is 18.2 Å². The summed E-state index contributed by atoms with van der Waals surface area (Å²) in [6, 6.07) is 9.82. The van der Waals surface area contributed by atoms with Crippen LogP contribution in [0.4, 0.5) is 35.1 Å². The molecule has 1 nitrogen and oxygen atoms in total. The lowest BCUT2D eigenvalue weighted by Crippen LogP contribution is -2.03. The van der Waals surface area contributed by atoms with Gasteiger partial charge >= 0.3 is 0 Å². The number of benzene rings is 5. The van der Waals surface area contributed by atoms with Crippen molar-refractivity contribution in [2.75, 3.05) is 7.11 Å². The number of halogens is 8. The maximum atomic E-state index is 15.4. The smallest absolute Gasteiger partial charge is 0.198 e. The normalized spacial score (nSPS) is 11.5. The topological polar surface area (TPSA) is 9.23 Å². The van der Waals surface area contributed by atoms with Crippen LogP contribution in [0.3, 0.4) is 0 Å². The third kappa shape index (κ3) is 3.45. The molecule has 0 bridgehead atoms. The van der Waals surface area contributed by atoms with E-state index < -0.39 is 68.4 Å². The van der Waals surface area contributed by atoms with Gasteiger partial charge in [-0.3, -0.25) is 0 Å².